The van der Waals surface area contributed by atoms with Gasteiger partial charge in [0.2, 0.25) is 0 Å². The zero-order valence-electron chi connectivity index (χ0n) is 10.5. The first-order valence-corrected chi connectivity index (χ1v) is 6.53. The Morgan fingerprint density at radius 3 is 2.33 bits per heavy atom. The van der Waals surface area contributed by atoms with Gasteiger partial charge in [0.1, 0.15) is 0 Å². The van der Waals surface area contributed by atoms with Crippen molar-refractivity contribution in [3.8, 4) is 0 Å². The average molecular weight is 333 g/mol. The Bertz CT molecular complexity index is 652. The Labute approximate surface area is 129 Å². The van der Waals surface area contributed by atoms with Gasteiger partial charge in [0.25, 0.3) is 0 Å². The first-order valence-electron chi connectivity index (χ1n) is 5.77. The van der Waals surface area contributed by atoms with E-state index in [9.17, 15) is 13.2 Å². The highest BCUT2D eigenvalue weighted by Crippen LogP contribution is 2.31. The summed E-state index contributed by atoms with van der Waals surface area (Å²) in [7, 11) is 0. The summed E-state index contributed by atoms with van der Waals surface area (Å²) in [6, 6.07) is 7.78. The van der Waals surface area contributed by atoms with Crippen LogP contribution in [-0.4, -0.2) is 4.98 Å². The summed E-state index contributed by atoms with van der Waals surface area (Å²) in [6.07, 6.45) is -0.698. The van der Waals surface area contributed by atoms with Crippen LogP contribution in [0.15, 0.2) is 42.7 Å². The molecular weight excluding hydrogens is 324 g/mol. The lowest BCUT2D eigenvalue weighted by atomic mass is 10.2. The van der Waals surface area contributed by atoms with Crippen LogP contribution in [0.5, 0.6) is 0 Å². The van der Waals surface area contributed by atoms with Crippen LogP contribution in [0.2, 0.25) is 10.0 Å². The van der Waals surface area contributed by atoms with Crippen molar-refractivity contribution in [1.29, 1.82) is 0 Å². The molecule has 0 unspecified atom stereocenters. The lowest BCUT2D eigenvalue weighted by molar-refractivity contribution is -0.137. The maximum atomic E-state index is 12.5. The summed E-state index contributed by atoms with van der Waals surface area (Å²) in [5, 5.41) is 3.47. The molecule has 0 saturated heterocycles. The number of aromatic nitrogens is 1. The Balaban J connectivity index is 2.09. The van der Waals surface area contributed by atoms with E-state index in [-0.39, 0.29) is 10.7 Å². The number of hydrogen-bond donors (Lipinski definition) is 1. The van der Waals surface area contributed by atoms with Crippen molar-refractivity contribution in [2.24, 2.45) is 0 Å². The van der Waals surface area contributed by atoms with Crippen molar-refractivity contribution in [3.63, 3.8) is 0 Å². The SMILES string of the molecule is FC(F)(F)c1cnc(C=CNc2ccc(Cl)cc2)c(Cl)c1. The summed E-state index contributed by atoms with van der Waals surface area (Å²) in [4.78, 5) is 3.69. The maximum absolute atomic E-state index is 12.5. The van der Waals surface area contributed by atoms with E-state index in [2.05, 4.69) is 10.3 Å². The summed E-state index contributed by atoms with van der Waals surface area (Å²) >= 11 is 11.5. The second-order valence-corrected chi connectivity index (χ2v) is 4.92. The van der Waals surface area contributed by atoms with Crippen molar-refractivity contribution in [3.05, 3.63) is 64.0 Å². The third-order valence-corrected chi connectivity index (χ3v) is 3.09. The minimum atomic E-state index is -4.46. The molecule has 2 rings (SSSR count). The molecule has 0 spiro atoms. The topological polar surface area (TPSA) is 24.9 Å². The molecule has 2 aromatic rings. The fourth-order valence-corrected chi connectivity index (χ4v) is 1.84. The number of pyridine rings is 1. The monoisotopic (exact) mass is 332 g/mol. The number of hydrogen-bond acceptors (Lipinski definition) is 2. The van der Waals surface area contributed by atoms with E-state index >= 15 is 0 Å². The second kappa shape index (κ2) is 6.37. The summed E-state index contributed by atoms with van der Waals surface area (Å²) in [5.41, 5.74) is 0.139. The number of anilines is 1. The van der Waals surface area contributed by atoms with Crippen LogP contribution >= 0.6 is 23.2 Å². The van der Waals surface area contributed by atoms with E-state index in [1.54, 1.807) is 24.3 Å². The molecule has 0 saturated carbocycles. The average Bonchev–Trinajstić information content (AvgIpc) is 2.41. The predicted octanol–water partition coefficient (Wildman–Crippen LogP) is 5.49. The minimum absolute atomic E-state index is 0.0704. The molecule has 0 bridgehead atoms. The first-order chi connectivity index (χ1) is 9.86. The van der Waals surface area contributed by atoms with Gasteiger partial charge in [-0.15, -0.1) is 0 Å². The molecule has 2 nitrogen and oxygen atoms in total. The Morgan fingerprint density at radius 1 is 1.10 bits per heavy atom. The molecule has 1 aromatic heterocycles. The van der Waals surface area contributed by atoms with Gasteiger partial charge < -0.3 is 5.32 Å². The van der Waals surface area contributed by atoms with Gasteiger partial charge in [0.15, 0.2) is 0 Å². The van der Waals surface area contributed by atoms with Gasteiger partial charge in [0.05, 0.1) is 16.3 Å². The molecule has 21 heavy (non-hydrogen) atoms. The number of benzene rings is 1. The highest BCUT2D eigenvalue weighted by Gasteiger charge is 2.31. The number of nitrogens with one attached hydrogen (secondary N) is 1. The third-order valence-electron chi connectivity index (χ3n) is 2.53. The molecule has 7 heteroatoms. The highest BCUT2D eigenvalue weighted by molar-refractivity contribution is 6.32. The molecule has 110 valence electrons. The molecule has 1 heterocycles. The second-order valence-electron chi connectivity index (χ2n) is 4.07. The molecule has 0 aliphatic rings. The van der Waals surface area contributed by atoms with E-state index in [0.29, 0.717) is 5.02 Å². The molecular formula is C14H9Cl2F3N2. The van der Waals surface area contributed by atoms with Crippen LogP contribution in [0.4, 0.5) is 18.9 Å². The lowest BCUT2D eigenvalue weighted by Crippen LogP contribution is -2.05. The molecule has 0 radical (unpaired) electrons. The van der Waals surface area contributed by atoms with Crippen molar-refractivity contribution < 1.29 is 13.2 Å². The molecule has 0 aliphatic heterocycles. The van der Waals surface area contributed by atoms with Crippen LogP contribution in [0.25, 0.3) is 6.08 Å². The fourth-order valence-electron chi connectivity index (χ4n) is 1.49. The van der Waals surface area contributed by atoms with Gasteiger partial charge in [0, 0.05) is 23.1 Å². The highest BCUT2D eigenvalue weighted by atomic mass is 35.5. The van der Waals surface area contributed by atoms with E-state index in [0.717, 1.165) is 18.0 Å². The van der Waals surface area contributed by atoms with E-state index in [4.69, 9.17) is 23.2 Å². The van der Waals surface area contributed by atoms with Gasteiger partial charge in [-0.3, -0.25) is 4.98 Å². The molecule has 1 N–H and O–H groups in total. The molecule has 0 amide bonds. The summed E-state index contributed by atoms with van der Waals surface area (Å²) < 4.78 is 37.4. The van der Waals surface area contributed by atoms with Crippen molar-refractivity contribution in [2.45, 2.75) is 6.18 Å². The first kappa shape index (κ1) is 15.7. The normalized spacial score (nSPS) is 11.9. The lowest BCUT2D eigenvalue weighted by Gasteiger charge is -2.07. The largest absolute Gasteiger partial charge is 0.417 e. The predicted molar refractivity (Wildman–Crippen MR) is 78.4 cm³/mol. The van der Waals surface area contributed by atoms with E-state index in [1.165, 1.54) is 12.3 Å². The fraction of sp³-hybridized carbons (Fsp3) is 0.0714. The zero-order chi connectivity index (χ0) is 15.5. The van der Waals surface area contributed by atoms with Crippen molar-refractivity contribution >= 4 is 35.0 Å². The quantitative estimate of drug-likeness (QED) is 0.803. The van der Waals surface area contributed by atoms with E-state index < -0.39 is 11.7 Å². The van der Waals surface area contributed by atoms with Crippen LogP contribution in [-0.2, 0) is 6.18 Å². The minimum Gasteiger partial charge on any atom is -0.362 e. The van der Waals surface area contributed by atoms with Gasteiger partial charge in [-0.2, -0.15) is 13.2 Å². The Kier molecular flexibility index (Phi) is 4.75. The van der Waals surface area contributed by atoms with Gasteiger partial charge in [-0.25, -0.2) is 0 Å². The molecule has 0 aliphatic carbocycles. The summed E-state index contributed by atoms with van der Waals surface area (Å²) in [6.45, 7) is 0. The van der Waals surface area contributed by atoms with Gasteiger partial charge in [-0.05, 0) is 36.4 Å². The van der Waals surface area contributed by atoms with E-state index in [1.807, 2.05) is 0 Å². The van der Waals surface area contributed by atoms with Crippen LogP contribution in [0.1, 0.15) is 11.3 Å². The van der Waals surface area contributed by atoms with Crippen LogP contribution in [0, 0.1) is 0 Å². The van der Waals surface area contributed by atoms with Gasteiger partial charge >= 0.3 is 6.18 Å². The number of rotatable bonds is 3. The Morgan fingerprint density at radius 2 is 1.76 bits per heavy atom. The van der Waals surface area contributed by atoms with Crippen LogP contribution < -0.4 is 5.32 Å². The molecule has 1 aromatic carbocycles. The smallest absolute Gasteiger partial charge is 0.362 e. The number of nitrogens with zero attached hydrogens (tertiary/aromatic N) is 1. The molecule has 0 fully saturated rings. The standard InChI is InChI=1S/C14H9Cl2F3N2/c15-10-1-3-11(4-2-10)20-6-5-13-12(16)7-9(8-21-13)14(17,18)19/h1-8,20H. The zero-order valence-corrected chi connectivity index (χ0v) is 12.0. The van der Waals surface area contributed by atoms with Crippen LogP contribution in [0.3, 0.4) is 0 Å². The third kappa shape index (κ3) is 4.37. The number of alkyl halides is 3. The number of halogens is 5. The summed E-state index contributed by atoms with van der Waals surface area (Å²) in [5.74, 6) is 0. The Hall–Kier alpha value is -1.72. The molecule has 0 atom stereocenters. The van der Waals surface area contributed by atoms with Gasteiger partial charge in [-0.1, -0.05) is 23.2 Å². The van der Waals surface area contributed by atoms with Crippen molar-refractivity contribution in [2.75, 3.05) is 5.32 Å². The van der Waals surface area contributed by atoms with Crippen molar-refractivity contribution in [1.82, 2.24) is 4.98 Å². The maximum Gasteiger partial charge on any atom is 0.417 e.